The van der Waals surface area contributed by atoms with Gasteiger partial charge in [-0.3, -0.25) is 9.48 Å². The fraction of sp³-hybridized carbons (Fsp3) is 0.217. The second-order valence-corrected chi connectivity index (χ2v) is 7.14. The van der Waals surface area contributed by atoms with Gasteiger partial charge in [0.15, 0.2) is 0 Å². The number of carbonyl (C=O) groups is 1. The van der Waals surface area contributed by atoms with Gasteiger partial charge in [0.25, 0.3) is 5.91 Å². The van der Waals surface area contributed by atoms with Gasteiger partial charge in [0.05, 0.1) is 12.2 Å². The molecule has 0 aliphatic carbocycles. The Hall–Kier alpha value is -3.34. The van der Waals surface area contributed by atoms with Gasteiger partial charge in [-0.05, 0) is 49.2 Å². The lowest BCUT2D eigenvalue weighted by Crippen LogP contribution is -2.24. The van der Waals surface area contributed by atoms with Gasteiger partial charge in [-0.25, -0.2) is 0 Å². The summed E-state index contributed by atoms with van der Waals surface area (Å²) in [5.41, 5.74) is 6.51. The van der Waals surface area contributed by atoms with Crippen LogP contribution in [0, 0.1) is 13.8 Å². The first-order valence-electron chi connectivity index (χ1n) is 9.43. The first kappa shape index (κ1) is 18.0. The molecule has 28 heavy (non-hydrogen) atoms. The van der Waals surface area contributed by atoms with E-state index in [4.69, 9.17) is 0 Å². The number of benzene rings is 2. The van der Waals surface area contributed by atoms with Crippen LogP contribution in [0.15, 0.2) is 60.8 Å². The fourth-order valence-electron chi connectivity index (χ4n) is 3.61. The van der Waals surface area contributed by atoms with Crippen LogP contribution in [0.25, 0.3) is 10.9 Å². The van der Waals surface area contributed by atoms with Crippen molar-refractivity contribution in [3.63, 3.8) is 0 Å². The smallest absolute Gasteiger partial charge is 0.251 e. The van der Waals surface area contributed by atoms with Gasteiger partial charge in [-0.15, -0.1) is 0 Å². The Kier molecular flexibility index (Phi) is 4.74. The predicted octanol–water partition coefficient (Wildman–Crippen LogP) is 3.97. The Balaban J connectivity index is 1.61. The summed E-state index contributed by atoms with van der Waals surface area (Å²) >= 11 is 0. The second-order valence-electron chi connectivity index (χ2n) is 7.14. The molecule has 0 saturated heterocycles. The van der Waals surface area contributed by atoms with E-state index in [1.165, 1.54) is 16.8 Å². The molecular formula is C23H24N4O. The minimum Gasteiger partial charge on any atom is -0.346 e. The molecule has 1 amide bonds. The van der Waals surface area contributed by atoms with Gasteiger partial charge in [0.1, 0.15) is 0 Å². The Morgan fingerprint density at radius 1 is 1.07 bits per heavy atom. The Morgan fingerprint density at radius 3 is 2.57 bits per heavy atom. The molecule has 2 aromatic heterocycles. The number of aromatic nitrogens is 3. The number of amides is 1. The van der Waals surface area contributed by atoms with E-state index in [2.05, 4.69) is 59.2 Å². The van der Waals surface area contributed by atoms with Crippen molar-refractivity contribution in [2.45, 2.75) is 26.9 Å². The summed E-state index contributed by atoms with van der Waals surface area (Å²) in [5, 5.41) is 8.24. The number of nitrogens with zero attached hydrogens (tertiary/aromatic N) is 3. The van der Waals surface area contributed by atoms with Crippen molar-refractivity contribution in [1.82, 2.24) is 19.7 Å². The van der Waals surface area contributed by atoms with Crippen LogP contribution in [-0.4, -0.2) is 20.3 Å². The molecular weight excluding hydrogens is 348 g/mol. The average Bonchev–Trinajstić information content (AvgIpc) is 3.23. The van der Waals surface area contributed by atoms with E-state index in [0.29, 0.717) is 12.1 Å². The van der Waals surface area contributed by atoms with Crippen LogP contribution in [0.1, 0.15) is 32.9 Å². The molecule has 142 valence electrons. The van der Waals surface area contributed by atoms with Crippen molar-refractivity contribution in [1.29, 1.82) is 0 Å². The monoisotopic (exact) mass is 372 g/mol. The molecule has 4 aromatic rings. The van der Waals surface area contributed by atoms with Crippen LogP contribution in [0.3, 0.4) is 0 Å². The van der Waals surface area contributed by atoms with Gasteiger partial charge in [-0.2, -0.15) is 5.10 Å². The molecule has 2 heterocycles. The number of rotatable bonds is 5. The van der Waals surface area contributed by atoms with Gasteiger partial charge in [0.2, 0.25) is 0 Å². The van der Waals surface area contributed by atoms with Crippen molar-refractivity contribution in [2.24, 2.45) is 7.05 Å². The maximum absolute atomic E-state index is 12.6. The molecule has 0 spiro atoms. The molecule has 1 N–H and O–H groups in total. The lowest BCUT2D eigenvalue weighted by atomic mass is 10.1. The molecule has 4 rings (SSSR count). The van der Waals surface area contributed by atoms with Crippen LogP contribution < -0.4 is 5.32 Å². The number of carbonyl (C=O) groups excluding carboxylic acids is 1. The SMILES string of the molecule is Cc1c(C)n(Cc2ccccc2)c2ccc(C(=O)NCc3ccnn3C)cc12. The number of hydrogen-bond acceptors (Lipinski definition) is 2. The van der Waals surface area contributed by atoms with Crippen molar-refractivity contribution in [3.8, 4) is 0 Å². The molecule has 5 heteroatoms. The van der Waals surface area contributed by atoms with Gasteiger partial charge in [-0.1, -0.05) is 30.3 Å². The molecule has 0 radical (unpaired) electrons. The Morgan fingerprint density at radius 2 is 1.86 bits per heavy atom. The van der Waals surface area contributed by atoms with E-state index in [0.717, 1.165) is 23.1 Å². The fourth-order valence-corrected chi connectivity index (χ4v) is 3.61. The molecule has 0 saturated carbocycles. The standard InChI is InChI=1S/C23H24N4O/c1-16-17(2)27(15-18-7-5-4-6-8-18)22-10-9-19(13-21(16)22)23(28)24-14-20-11-12-25-26(20)3/h4-13H,14-15H2,1-3H3,(H,24,28). The third kappa shape index (κ3) is 3.31. The average molecular weight is 372 g/mol. The first-order valence-corrected chi connectivity index (χ1v) is 9.43. The van der Waals surface area contributed by atoms with E-state index >= 15 is 0 Å². The van der Waals surface area contributed by atoms with Crippen LogP contribution >= 0.6 is 0 Å². The largest absolute Gasteiger partial charge is 0.346 e. The van der Waals surface area contributed by atoms with Gasteiger partial charge >= 0.3 is 0 Å². The molecule has 2 aromatic carbocycles. The molecule has 0 atom stereocenters. The molecule has 0 fully saturated rings. The van der Waals surface area contributed by atoms with Crippen molar-refractivity contribution < 1.29 is 4.79 Å². The lowest BCUT2D eigenvalue weighted by Gasteiger charge is -2.09. The molecule has 0 bridgehead atoms. The summed E-state index contributed by atoms with van der Waals surface area (Å²) in [6.07, 6.45) is 1.73. The second kappa shape index (κ2) is 7.35. The first-order chi connectivity index (χ1) is 13.5. The van der Waals surface area contributed by atoms with Crippen molar-refractivity contribution in [2.75, 3.05) is 0 Å². The Labute approximate surface area is 164 Å². The zero-order chi connectivity index (χ0) is 19.7. The van der Waals surface area contributed by atoms with E-state index in [9.17, 15) is 4.79 Å². The Bertz CT molecular complexity index is 1140. The maximum atomic E-state index is 12.6. The maximum Gasteiger partial charge on any atom is 0.251 e. The summed E-state index contributed by atoms with van der Waals surface area (Å²) in [6, 6.07) is 18.3. The summed E-state index contributed by atoms with van der Waals surface area (Å²) in [4.78, 5) is 12.6. The van der Waals surface area contributed by atoms with Gasteiger partial charge in [0, 0.05) is 41.9 Å². The highest BCUT2D eigenvalue weighted by Crippen LogP contribution is 2.27. The number of aryl methyl sites for hydroxylation is 2. The zero-order valence-electron chi connectivity index (χ0n) is 16.4. The minimum atomic E-state index is -0.0732. The minimum absolute atomic E-state index is 0.0732. The molecule has 0 unspecified atom stereocenters. The quantitative estimate of drug-likeness (QED) is 0.576. The highest BCUT2D eigenvalue weighted by Gasteiger charge is 2.14. The van der Waals surface area contributed by atoms with E-state index in [1.807, 2.05) is 31.3 Å². The van der Waals surface area contributed by atoms with E-state index in [-0.39, 0.29) is 5.91 Å². The highest BCUT2D eigenvalue weighted by molar-refractivity contribution is 5.99. The number of fused-ring (bicyclic) bond motifs is 1. The highest BCUT2D eigenvalue weighted by atomic mass is 16.1. The van der Waals surface area contributed by atoms with Crippen LogP contribution in [-0.2, 0) is 20.1 Å². The summed E-state index contributed by atoms with van der Waals surface area (Å²) in [5.74, 6) is -0.0732. The van der Waals surface area contributed by atoms with Crippen molar-refractivity contribution in [3.05, 3.63) is 88.9 Å². The third-order valence-corrected chi connectivity index (χ3v) is 5.44. The van der Waals surface area contributed by atoms with E-state index < -0.39 is 0 Å². The van der Waals surface area contributed by atoms with Crippen LogP contribution in [0.2, 0.25) is 0 Å². The third-order valence-electron chi connectivity index (χ3n) is 5.44. The van der Waals surface area contributed by atoms with E-state index in [1.54, 1.807) is 10.9 Å². The predicted molar refractivity (Wildman–Crippen MR) is 111 cm³/mol. The van der Waals surface area contributed by atoms with Crippen molar-refractivity contribution >= 4 is 16.8 Å². The summed E-state index contributed by atoms with van der Waals surface area (Å²) in [6.45, 7) is 5.54. The zero-order valence-corrected chi connectivity index (χ0v) is 16.4. The summed E-state index contributed by atoms with van der Waals surface area (Å²) < 4.78 is 4.08. The normalized spacial score (nSPS) is 11.1. The number of hydrogen-bond donors (Lipinski definition) is 1. The summed E-state index contributed by atoms with van der Waals surface area (Å²) in [7, 11) is 1.87. The molecule has 0 aliphatic rings. The lowest BCUT2D eigenvalue weighted by molar-refractivity contribution is 0.0950. The van der Waals surface area contributed by atoms with Crippen LogP contribution in [0.5, 0.6) is 0 Å². The molecule has 5 nitrogen and oxygen atoms in total. The molecule has 0 aliphatic heterocycles. The number of nitrogens with one attached hydrogen (secondary N) is 1. The van der Waals surface area contributed by atoms with Crippen LogP contribution in [0.4, 0.5) is 0 Å². The topological polar surface area (TPSA) is 51.9 Å². The van der Waals surface area contributed by atoms with Gasteiger partial charge < -0.3 is 9.88 Å².